The van der Waals surface area contributed by atoms with Crippen LogP contribution >= 0.6 is 11.8 Å². The van der Waals surface area contributed by atoms with E-state index >= 15 is 0 Å². The van der Waals surface area contributed by atoms with Gasteiger partial charge >= 0.3 is 0 Å². The topological polar surface area (TPSA) is 70.6 Å². The number of hydrogen-bond donors (Lipinski definition) is 2. The molecule has 1 aliphatic heterocycles. The van der Waals surface area contributed by atoms with Crippen molar-refractivity contribution in [1.82, 2.24) is 5.32 Å². The molecular formula is C22H19N3O2S. The number of hydrogen-bond acceptors (Lipinski definition) is 4. The molecule has 5 nitrogen and oxygen atoms in total. The maximum absolute atomic E-state index is 12.4. The molecule has 1 saturated heterocycles. The Morgan fingerprint density at radius 3 is 2.61 bits per heavy atom. The molecule has 2 N–H and O–H groups in total. The molecule has 0 saturated carbocycles. The number of fused-ring (bicyclic) bond motifs is 1. The lowest BCUT2D eigenvalue weighted by molar-refractivity contribution is -0.122. The molecule has 0 radical (unpaired) electrons. The number of nitrogens with zero attached hydrogens (tertiary/aromatic N) is 1. The lowest BCUT2D eigenvalue weighted by atomic mass is 10.1. The van der Waals surface area contributed by atoms with E-state index in [2.05, 4.69) is 15.6 Å². The summed E-state index contributed by atoms with van der Waals surface area (Å²) in [7, 11) is 0. The zero-order valence-corrected chi connectivity index (χ0v) is 16.1. The molecular weight excluding hydrogens is 370 g/mol. The predicted molar refractivity (Wildman–Crippen MR) is 115 cm³/mol. The number of amidine groups is 1. The fourth-order valence-electron chi connectivity index (χ4n) is 2.98. The van der Waals surface area contributed by atoms with Gasteiger partial charge in [-0.15, -0.1) is 0 Å². The van der Waals surface area contributed by atoms with E-state index in [4.69, 9.17) is 0 Å². The standard InChI is InChI=1S/C22H19N3O2S/c1-14-6-9-17(10-7-14)24-22-25-21(27)19(28-22)13-20(26)23-18-11-8-15-4-2-3-5-16(15)12-18/h2-12,19H,13H2,1H3,(H,23,26)(H,24,25,27)/t19-/m1/s1. The van der Waals surface area contributed by atoms with E-state index in [9.17, 15) is 9.59 Å². The molecule has 140 valence electrons. The van der Waals surface area contributed by atoms with Crippen LogP contribution in [0.2, 0.25) is 0 Å². The SMILES string of the molecule is Cc1ccc(N=C2NC(=O)[C@@H](CC(=O)Nc3ccc4ccccc4c3)S2)cc1. The van der Waals surface area contributed by atoms with Crippen molar-refractivity contribution in [3.05, 3.63) is 72.3 Å². The van der Waals surface area contributed by atoms with Gasteiger partial charge in [-0.2, -0.15) is 0 Å². The summed E-state index contributed by atoms with van der Waals surface area (Å²) >= 11 is 1.29. The summed E-state index contributed by atoms with van der Waals surface area (Å²) in [6.07, 6.45) is 0.0935. The molecule has 6 heteroatoms. The Balaban J connectivity index is 1.39. The van der Waals surface area contributed by atoms with Gasteiger partial charge in [0.2, 0.25) is 11.8 Å². The van der Waals surface area contributed by atoms with Gasteiger partial charge in [0.15, 0.2) is 5.17 Å². The molecule has 1 fully saturated rings. The van der Waals surface area contributed by atoms with E-state index in [0.717, 1.165) is 27.7 Å². The van der Waals surface area contributed by atoms with Gasteiger partial charge in [-0.3, -0.25) is 9.59 Å². The molecule has 4 rings (SSSR count). The summed E-state index contributed by atoms with van der Waals surface area (Å²) in [6.45, 7) is 2.01. The summed E-state index contributed by atoms with van der Waals surface area (Å²) in [5.74, 6) is -0.385. The third-order valence-corrected chi connectivity index (χ3v) is 5.53. The molecule has 2 amide bonds. The number of aryl methyl sites for hydroxylation is 1. The Labute approximate surface area is 167 Å². The number of carbonyl (C=O) groups excluding carboxylic acids is 2. The highest BCUT2D eigenvalue weighted by atomic mass is 32.2. The molecule has 0 aliphatic carbocycles. The zero-order valence-electron chi connectivity index (χ0n) is 15.3. The minimum absolute atomic E-state index is 0.0935. The van der Waals surface area contributed by atoms with Crippen LogP contribution in [0.1, 0.15) is 12.0 Å². The maximum atomic E-state index is 12.4. The molecule has 0 bridgehead atoms. The minimum Gasteiger partial charge on any atom is -0.326 e. The van der Waals surface area contributed by atoms with Crippen LogP contribution in [0, 0.1) is 6.92 Å². The number of amides is 2. The third kappa shape index (κ3) is 4.23. The van der Waals surface area contributed by atoms with Gasteiger partial charge in [0.1, 0.15) is 5.25 Å². The normalized spacial score (nSPS) is 17.7. The van der Waals surface area contributed by atoms with Crippen molar-refractivity contribution in [2.45, 2.75) is 18.6 Å². The number of anilines is 1. The Kier molecular flexibility index (Phi) is 5.12. The fraction of sp³-hybridized carbons (Fsp3) is 0.136. The van der Waals surface area contributed by atoms with E-state index in [1.807, 2.05) is 73.7 Å². The van der Waals surface area contributed by atoms with Gasteiger partial charge in [-0.05, 0) is 42.0 Å². The van der Waals surface area contributed by atoms with Crippen LogP contribution in [0.25, 0.3) is 10.8 Å². The Hall–Kier alpha value is -3.12. The van der Waals surface area contributed by atoms with E-state index in [-0.39, 0.29) is 18.2 Å². The smallest absolute Gasteiger partial charge is 0.240 e. The van der Waals surface area contributed by atoms with Gasteiger partial charge in [-0.1, -0.05) is 59.8 Å². The van der Waals surface area contributed by atoms with Gasteiger partial charge in [-0.25, -0.2) is 4.99 Å². The molecule has 28 heavy (non-hydrogen) atoms. The van der Waals surface area contributed by atoms with E-state index in [1.54, 1.807) is 0 Å². The number of carbonyl (C=O) groups is 2. The summed E-state index contributed by atoms with van der Waals surface area (Å²) in [5, 5.41) is 7.85. The summed E-state index contributed by atoms with van der Waals surface area (Å²) in [5.41, 5.74) is 2.64. The van der Waals surface area contributed by atoms with Crippen molar-refractivity contribution in [3.63, 3.8) is 0 Å². The summed E-state index contributed by atoms with van der Waals surface area (Å²) in [4.78, 5) is 29.0. The first-order chi connectivity index (χ1) is 13.6. The van der Waals surface area contributed by atoms with Crippen LogP contribution in [-0.4, -0.2) is 22.2 Å². The molecule has 3 aromatic carbocycles. The molecule has 1 heterocycles. The summed E-state index contributed by atoms with van der Waals surface area (Å²) < 4.78 is 0. The fourth-order valence-corrected chi connectivity index (χ4v) is 3.96. The molecule has 0 aromatic heterocycles. The first kappa shape index (κ1) is 18.3. The monoisotopic (exact) mass is 389 g/mol. The van der Waals surface area contributed by atoms with Crippen LogP contribution in [0.3, 0.4) is 0 Å². The van der Waals surface area contributed by atoms with E-state index < -0.39 is 5.25 Å². The van der Waals surface area contributed by atoms with Crippen LogP contribution < -0.4 is 10.6 Å². The van der Waals surface area contributed by atoms with E-state index in [1.165, 1.54) is 11.8 Å². The number of benzene rings is 3. The molecule has 0 spiro atoms. The van der Waals surface area contributed by atoms with Gasteiger partial charge < -0.3 is 10.6 Å². The van der Waals surface area contributed by atoms with Crippen LogP contribution in [0.5, 0.6) is 0 Å². The molecule has 1 atom stereocenters. The van der Waals surface area contributed by atoms with Gasteiger partial charge in [0.25, 0.3) is 0 Å². The lowest BCUT2D eigenvalue weighted by Crippen LogP contribution is -2.28. The van der Waals surface area contributed by atoms with Crippen molar-refractivity contribution in [2.24, 2.45) is 4.99 Å². The highest BCUT2D eigenvalue weighted by Gasteiger charge is 2.32. The predicted octanol–water partition coefficient (Wildman–Crippen LogP) is 4.40. The average Bonchev–Trinajstić information content (AvgIpc) is 3.02. The summed E-state index contributed by atoms with van der Waals surface area (Å²) in [6, 6.07) is 21.5. The number of rotatable bonds is 4. The third-order valence-electron chi connectivity index (χ3n) is 4.45. The highest BCUT2D eigenvalue weighted by Crippen LogP contribution is 2.26. The van der Waals surface area contributed by atoms with Crippen LogP contribution in [0.15, 0.2) is 71.7 Å². The van der Waals surface area contributed by atoms with Crippen molar-refractivity contribution < 1.29 is 9.59 Å². The van der Waals surface area contributed by atoms with Crippen molar-refractivity contribution in [1.29, 1.82) is 0 Å². The van der Waals surface area contributed by atoms with Crippen LogP contribution in [0.4, 0.5) is 11.4 Å². The molecule has 0 unspecified atom stereocenters. The largest absolute Gasteiger partial charge is 0.326 e. The number of thioether (sulfide) groups is 1. The number of aliphatic imine (C=N–C) groups is 1. The van der Waals surface area contributed by atoms with Crippen molar-refractivity contribution >= 4 is 50.9 Å². The second-order valence-electron chi connectivity index (χ2n) is 6.66. The quantitative estimate of drug-likeness (QED) is 0.695. The van der Waals surface area contributed by atoms with Crippen molar-refractivity contribution in [3.8, 4) is 0 Å². The zero-order chi connectivity index (χ0) is 19.5. The molecule has 3 aromatic rings. The van der Waals surface area contributed by atoms with Gasteiger partial charge in [0, 0.05) is 12.1 Å². The maximum Gasteiger partial charge on any atom is 0.240 e. The Morgan fingerprint density at radius 1 is 1.07 bits per heavy atom. The first-order valence-electron chi connectivity index (χ1n) is 8.98. The first-order valence-corrected chi connectivity index (χ1v) is 9.86. The Bertz CT molecular complexity index is 1080. The average molecular weight is 389 g/mol. The molecule has 1 aliphatic rings. The Morgan fingerprint density at radius 2 is 1.82 bits per heavy atom. The van der Waals surface area contributed by atoms with Gasteiger partial charge in [0.05, 0.1) is 5.69 Å². The minimum atomic E-state index is -0.482. The second-order valence-corrected chi connectivity index (χ2v) is 7.85. The van der Waals surface area contributed by atoms with E-state index in [0.29, 0.717) is 5.17 Å². The van der Waals surface area contributed by atoms with Crippen molar-refractivity contribution in [2.75, 3.05) is 5.32 Å². The lowest BCUT2D eigenvalue weighted by Gasteiger charge is -2.08. The second kappa shape index (κ2) is 7.86. The highest BCUT2D eigenvalue weighted by molar-refractivity contribution is 8.15. The van der Waals surface area contributed by atoms with Crippen LogP contribution in [-0.2, 0) is 9.59 Å². The number of nitrogens with one attached hydrogen (secondary N) is 2.